The number of aromatic amines is 1. The molecular formula is C27H24F7N5O5. The first-order valence-electron chi connectivity index (χ1n) is 12.8. The summed E-state index contributed by atoms with van der Waals surface area (Å²) in [5, 5.41) is 14.9. The molecule has 0 radical (unpaired) electrons. The minimum absolute atomic E-state index is 0.0215. The van der Waals surface area contributed by atoms with Gasteiger partial charge in [-0.25, -0.2) is 23.8 Å². The maximum absolute atomic E-state index is 15.1. The van der Waals surface area contributed by atoms with E-state index in [1.165, 1.54) is 44.6 Å². The van der Waals surface area contributed by atoms with E-state index in [1.54, 1.807) is 5.10 Å². The van der Waals surface area contributed by atoms with Crippen molar-refractivity contribution in [1.82, 2.24) is 24.7 Å². The van der Waals surface area contributed by atoms with Crippen molar-refractivity contribution in [2.75, 3.05) is 6.61 Å². The second-order valence-corrected chi connectivity index (χ2v) is 10.1. The van der Waals surface area contributed by atoms with Crippen molar-refractivity contribution in [3.8, 4) is 17.1 Å². The molecule has 0 saturated heterocycles. The fourth-order valence-corrected chi connectivity index (χ4v) is 4.23. The summed E-state index contributed by atoms with van der Waals surface area (Å²) in [7, 11) is 0. The quantitative estimate of drug-likeness (QED) is 0.234. The molecule has 2 N–H and O–H groups in total. The van der Waals surface area contributed by atoms with Crippen LogP contribution in [0.25, 0.3) is 22.2 Å². The Labute approximate surface area is 243 Å². The lowest BCUT2D eigenvalue weighted by molar-refractivity contribution is -0.151. The number of H-pyrrole nitrogens is 1. The minimum Gasteiger partial charge on any atom is -0.485 e. The molecule has 10 nitrogen and oxygen atoms in total. The monoisotopic (exact) mass is 631 g/mol. The van der Waals surface area contributed by atoms with Crippen molar-refractivity contribution in [3.63, 3.8) is 0 Å². The van der Waals surface area contributed by atoms with Gasteiger partial charge < -0.3 is 19.1 Å². The number of rotatable bonds is 11. The van der Waals surface area contributed by atoms with Crippen LogP contribution in [0.15, 0.2) is 52.6 Å². The molecule has 0 fully saturated rings. The average Bonchev–Trinajstić information content (AvgIpc) is 2.92. The van der Waals surface area contributed by atoms with Gasteiger partial charge in [-0.15, -0.1) is 0 Å². The Morgan fingerprint density at radius 3 is 2.36 bits per heavy atom. The highest BCUT2D eigenvalue weighted by Crippen LogP contribution is 2.33. The molecule has 0 aliphatic carbocycles. The molecular weight excluding hydrogens is 607 g/mol. The average molecular weight is 632 g/mol. The van der Waals surface area contributed by atoms with Gasteiger partial charge in [-0.05, 0) is 37.4 Å². The molecule has 2 atom stereocenters. The summed E-state index contributed by atoms with van der Waals surface area (Å²) in [6.07, 6.45) is -5.56. The molecule has 3 heterocycles. The summed E-state index contributed by atoms with van der Waals surface area (Å²) in [6, 6.07) is 3.59. The van der Waals surface area contributed by atoms with Crippen molar-refractivity contribution < 1.29 is 45.3 Å². The molecule has 3 aromatic heterocycles. The normalized spacial score (nSPS) is 13.8. The van der Waals surface area contributed by atoms with E-state index in [0.717, 1.165) is 10.6 Å². The summed E-state index contributed by atoms with van der Waals surface area (Å²) >= 11 is 0. The number of benzene rings is 1. The zero-order chi connectivity index (χ0) is 32.4. The van der Waals surface area contributed by atoms with Crippen LogP contribution in [0.2, 0.25) is 0 Å². The van der Waals surface area contributed by atoms with E-state index >= 15 is 8.78 Å². The molecule has 0 bridgehead atoms. The molecule has 0 spiro atoms. The second kappa shape index (κ2) is 12.7. The van der Waals surface area contributed by atoms with Crippen LogP contribution in [0.3, 0.4) is 0 Å². The second-order valence-electron chi connectivity index (χ2n) is 10.1. The number of pyridine rings is 1. The Morgan fingerprint density at radius 2 is 1.75 bits per heavy atom. The lowest BCUT2D eigenvalue weighted by Gasteiger charge is -2.22. The summed E-state index contributed by atoms with van der Waals surface area (Å²) in [5.74, 6) is -2.03. The highest BCUT2D eigenvalue weighted by molar-refractivity contribution is 5.86. The Kier molecular flexibility index (Phi) is 9.39. The van der Waals surface area contributed by atoms with Crippen LogP contribution in [0, 0.1) is 5.82 Å². The van der Waals surface area contributed by atoms with Crippen molar-refractivity contribution >= 4 is 10.8 Å². The van der Waals surface area contributed by atoms with Gasteiger partial charge in [-0.3, -0.25) is 9.59 Å². The summed E-state index contributed by atoms with van der Waals surface area (Å²) in [5.41, 5.74) is -5.20. The SMILES string of the molecule is CC(C)(O)c1cnc(-c2cc3ccn(C[C@@H](F)C[C@H](COC(F)F)Oc4cn[nH]c(=O)c4C(F)(F)F)c(=O)c3cc2F)nc1. The standard InChI is InChI=1S/C27H24F7N5O5/c1-26(2,42)14-8-35-22(36-9-14)18-5-13-3-4-39(24(41)17(13)7-19(18)29)11-15(28)6-16(12-43-25(30)31)44-20-10-37-38-23(40)21(20)27(32,33)34/h3-5,7-10,15-16,25,42H,6,11-12H2,1-2H3,(H,38,40)/t15-,16+/m0/s1. The van der Waals surface area contributed by atoms with Crippen LogP contribution in [0.5, 0.6) is 5.75 Å². The fourth-order valence-electron chi connectivity index (χ4n) is 4.23. The topological polar surface area (TPSA) is 132 Å². The number of nitrogens with one attached hydrogen (secondary N) is 1. The van der Waals surface area contributed by atoms with Gasteiger partial charge in [0.1, 0.15) is 18.1 Å². The van der Waals surface area contributed by atoms with E-state index in [0.29, 0.717) is 11.8 Å². The Balaban J connectivity index is 1.57. The number of aromatic nitrogens is 5. The lowest BCUT2D eigenvalue weighted by atomic mass is 10.0. The molecule has 0 aliphatic heterocycles. The van der Waals surface area contributed by atoms with Crippen molar-refractivity contribution in [1.29, 1.82) is 0 Å². The van der Waals surface area contributed by atoms with E-state index < -0.39 is 78.5 Å². The van der Waals surface area contributed by atoms with Gasteiger partial charge in [0, 0.05) is 30.6 Å². The van der Waals surface area contributed by atoms with Gasteiger partial charge in [0.15, 0.2) is 17.1 Å². The molecule has 1 aromatic carbocycles. The van der Waals surface area contributed by atoms with Crippen molar-refractivity contribution in [3.05, 3.63) is 80.6 Å². The van der Waals surface area contributed by atoms with Crippen LogP contribution in [-0.2, 0) is 23.1 Å². The highest BCUT2D eigenvalue weighted by Gasteiger charge is 2.39. The van der Waals surface area contributed by atoms with E-state index in [2.05, 4.69) is 19.8 Å². The van der Waals surface area contributed by atoms with Crippen LogP contribution < -0.4 is 15.9 Å². The summed E-state index contributed by atoms with van der Waals surface area (Å²) in [6.45, 7) is -2.11. The van der Waals surface area contributed by atoms with E-state index in [-0.39, 0.29) is 22.2 Å². The highest BCUT2D eigenvalue weighted by atomic mass is 19.4. The summed E-state index contributed by atoms with van der Waals surface area (Å²) < 4.78 is 106. The fraction of sp³-hybridized carbons (Fsp3) is 0.370. The zero-order valence-electron chi connectivity index (χ0n) is 22.9. The van der Waals surface area contributed by atoms with E-state index in [9.17, 15) is 36.6 Å². The first kappa shape index (κ1) is 32.5. The Hall–Kier alpha value is -4.38. The molecule has 44 heavy (non-hydrogen) atoms. The summed E-state index contributed by atoms with van der Waals surface area (Å²) in [4.78, 5) is 32.9. The molecule has 0 amide bonds. The predicted molar refractivity (Wildman–Crippen MR) is 140 cm³/mol. The predicted octanol–water partition coefficient (Wildman–Crippen LogP) is 4.34. The van der Waals surface area contributed by atoms with Crippen molar-refractivity contribution in [2.24, 2.45) is 0 Å². The van der Waals surface area contributed by atoms with Gasteiger partial charge >= 0.3 is 12.8 Å². The van der Waals surface area contributed by atoms with Gasteiger partial charge in [0.05, 0.1) is 35.9 Å². The molecule has 236 valence electrons. The number of nitrogens with zero attached hydrogens (tertiary/aromatic N) is 4. The first-order valence-corrected chi connectivity index (χ1v) is 12.8. The van der Waals surface area contributed by atoms with E-state index in [1.807, 2.05) is 0 Å². The minimum atomic E-state index is -5.21. The number of ether oxygens (including phenoxy) is 2. The molecule has 17 heteroatoms. The number of alkyl halides is 6. The molecule has 0 unspecified atom stereocenters. The van der Waals surface area contributed by atoms with Crippen LogP contribution >= 0.6 is 0 Å². The van der Waals surface area contributed by atoms with Crippen LogP contribution in [0.1, 0.15) is 31.4 Å². The van der Waals surface area contributed by atoms with Gasteiger partial charge in [0.25, 0.3) is 11.1 Å². The molecule has 0 aliphatic rings. The smallest absolute Gasteiger partial charge is 0.425 e. The van der Waals surface area contributed by atoms with Crippen LogP contribution in [0.4, 0.5) is 30.7 Å². The third-order valence-corrected chi connectivity index (χ3v) is 6.38. The van der Waals surface area contributed by atoms with Gasteiger partial charge in [-0.2, -0.15) is 27.1 Å². The third-order valence-electron chi connectivity index (χ3n) is 6.38. The zero-order valence-corrected chi connectivity index (χ0v) is 22.9. The lowest BCUT2D eigenvalue weighted by Crippen LogP contribution is -2.33. The van der Waals surface area contributed by atoms with Gasteiger partial charge in [-0.1, -0.05) is 0 Å². The molecule has 4 aromatic rings. The van der Waals surface area contributed by atoms with Gasteiger partial charge in [0.2, 0.25) is 0 Å². The van der Waals surface area contributed by atoms with E-state index in [4.69, 9.17) is 4.74 Å². The Bertz CT molecular complexity index is 1740. The first-order chi connectivity index (χ1) is 20.5. The number of hydrogen-bond acceptors (Lipinski definition) is 8. The maximum Gasteiger partial charge on any atom is 0.425 e. The largest absolute Gasteiger partial charge is 0.485 e. The van der Waals surface area contributed by atoms with Crippen LogP contribution in [-0.4, -0.2) is 55.3 Å². The number of aliphatic hydroxyl groups is 1. The van der Waals surface area contributed by atoms with Crippen molar-refractivity contribution in [2.45, 2.75) is 57.5 Å². The number of hydrogen-bond donors (Lipinski definition) is 2. The molecule has 4 rings (SSSR count). The number of halogens is 7. The number of fused-ring (bicyclic) bond motifs is 1. The Morgan fingerprint density at radius 1 is 1.07 bits per heavy atom. The molecule has 0 saturated carbocycles. The maximum atomic E-state index is 15.1. The third kappa shape index (κ3) is 7.57.